The van der Waals surface area contributed by atoms with E-state index in [0.717, 1.165) is 33.4 Å². The van der Waals surface area contributed by atoms with E-state index in [1.54, 1.807) is 31.2 Å². The van der Waals surface area contributed by atoms with Gasteiger partial charge in [-0.1, -0.05) is 49.6 Å². The maximum Gasteiger partial charge on any atom is 0.338 e. The van der Waals surface area contributed by atoms with Crippen LogP contribution in [0.3, 0.4) is 0 Å². The zero-order chi connectivity index (χ0) is 30.5. The zero-order valence-corrected chi connectivity index (χ0v) is 24.5. The molecule has 0 radical (unpaired) electrons. The first-order chi connectivity index (χ1) is 19.4. The summed E-state index contributed by atoms with van der Waals surface area (Å²) in [6.45, 7) is 25.4. The Hall–Kier alpha value is -4.84. The summed E-state index contributed by atoms with van der Waals surface area (Å²) in [4.78, 5) is 22.5. The van der Waals surface area contributed by atoms with Crippen molar-refractivity contribution in [2.24, 2.45) is 0 Å². The predicted molar refractivity (Wildman–Crippen MR) is 166 cm³/mol. The predicted octanol–water partition coefficient (Wildman–Crippen LogP) is 8.53. The standard InChI is InChI=1S/C31H30O6.C4H8/c1-20(2)17-34-29-16-28(24-9-13-26(14-10-24)37-31(33)22(5)6)30(35-18-21(3)4)15-27(29)23-7-11-25(12-8-23)36-19-32;1-4(2)3/h7-16,19H,1,3,5,17-18H2,2,4,6H3;1H2,2-3H3. The number of allylic oxidation sites excluding steroid dienone is 1. The molecule has 0 fully saturated rings. The number of benzene rings is 3. The molecule has 3 rings (SSSR count). The second kappa shape index (κ2) is 15.7. The van der Waals surface area contributed by atoms with Crippen molar-refractivity contribution in [1.29, 1.82) is 0 Å². The summed E-state index contributed by atoms with van der Waals surface area (Å²) in [5.74, 6) is 1.62. The molecule has 0 spiro atoms. The molecule has 0 aliphatic rings. The Bertz CT molecular complexity index is 1410. The Labute approximate surface area is 243 Å². The molecule has 214 valence electrons. The van der Waals surface area contributed by atoms with E-state index in [1.807, 2.05) is 64.1 Å². The lowest BCUT2D eigenvalue weighted by molar-refractivity contribution is -0.130. The molecule has 0 aliphatic carbocycles. The maximum absolute atomic E-state index is 11.9. The fourth-order valence-corrected chi connectivity index (χ4v) is 3.32. The van der Waals surface area contributed by atoms with Gasteiger partial charge in [-0.15, -0.1) is 6.58 Å². The molecule has 3 aromatic rings. The maximum atomic E-state index is 11.9. The van der Waals surface area contributed by atoms with Gasteiger partial charge in [0, 0.05) is 16.7 Å². The van der Waals surface area contributed by atoms with Gasteiger partial charge in [-0.3, -0.25) is 4.79 Å². The van der Waals surface area contributed by atoms with E-state index in [4.69, 9.17) is 18.9 Å². The molecule has 41 heavy (non-hydrogen) atoms. The number of hydrogen-bond donors (Lipinski definition) is 0. The number of carbonyl (C=O) groups excluding carboxylic acids is 2. The van der Waals surface area contributed by atoms with Crippen LogP contribution in [0.5, 0.6) is 23.0 Å². The average molecular weight is 555 g/mol. The molecule has 6 nitrogen and oxygen atoms in total. The molecule has 0 aliphatic heterocycles. The molecular weight excluding hydrogens is 516 g/mol. The molecule has 0 bridgehead atoms. The highest BCUT2D eigenvalue weighted by Gasteiger charge is 2.17. The molecule has 0 saturated heterocycles. The van der Waals surface area contributed by atoms with Gasteiger partial charge in [0.1, 0.15) is 36.2 Å². The third-order valence-electron chi connectivity index (χ3n) is 5.10. The quantitative estimate of drug-likeness (QED) is 0.0735. The van der Waals surface area contributed by atoms with Crippen LogP contribution in [0.25, 0.3) is 22.3 Å². The summed E-state index contributed by atoms with van der Waals surface area (Å²) in [5, 5.41) is 0. The van der Waals surface area contributed by atoms with Crippen molar-refractivity contribution in [3.63, 3.8) is 0 Å². The van der Waals surface area contributed by atoms with E-state index in [9.17, 15) is 9.59 Å². The molecule has 0 heterocycles. The first-order valence-corrected chi connectivity index (χ1v) is 12.9. The Morgan fingerprint density at radius 3 is 1.41 bits per heavy atom. The molecule has 0 aromatic heterocycles. The van der Waals surface area contributed by atoms with E-state index in [-0.39, 0.29) is 0 Å². The van der Waals surface area contributed by atoms with Crippen molar-refractivity contribution in [3.05, 3.63) is 109 Å². The van der Waals surface area contributed by atoms with Crippen LogP contribution < -0.4 is 18.9 Å². The SMILES string of the molecule is C=C(C)C.C=C(C)COc1cc(-c2ccc(OC(=O)C(=C)C)cc2)c(OCC(=C)C)cc1-c1ccc(OC=O)cc1. The van der Waals surface area contributed by atoms with Crippen LogP contribution in [0, 0.1) is 0 Å². The topological polar surface area (TPSA) is 71.1 Å². The average Bonchev–Trinajstić information content (AvgIpc) is 2.91. The van der Waals surface area contributed by atoms with Gasteiger partial charge >= 0.3 is 5.97 Å². The summed E-state index contributed by atoms with van der Waals surface area (Å²) in [6.07, 6.45) is 0. The summed E-state index contributed by atoms with van der Waals surface area (Å²) in [7, 11) is 0. The molecule has 3 aromatic carbocycles. The van der Waals surface area contributed by atoms with Crippen LogP contribution >= 0.6 is 0 Å². The zero-order valence-electron chi connectivity index (χ0n) is 24.5. The normalized spacial score (nSPS) is 9.88. The second-order valence-electron chi connectivity index (χ2n) is 9.98. The summed E-state index contributed by atoms with van der Waals surface area (Å²) >= 11 is 0. The third-order valence-corrected chi connectivity index (χ3v) is 5.10. The van der Waals surface area contributed by atoms with Crippen molar-refractivity contribution >= 4 is 12.4 Å². The van der Waals surface area contributed by atoms with Gasteiger partial charge in [-0.2, -0.15) is 0 Å². The van der Waals surface area contributed by atoms with Crippen LogP contribution in [0.2, 0.25) is 0 Å². The summed E-state index contributed by atoms with van der Waals surface area (Å²) in [5.41, 5.74) is 6.50. The van der Waals surface area contributed by atoms with E-state index >= 15 is 0 Å². The Balaban J connectivity index is 0.00000138. The van der Waals surface area contributed by atoms with Gasteiger partial charge in [0.15, 0.2) is 0 Å². The number of carbonyl (C=O) groups is 2. The van der Waals surface area contributed by atoms with Crippen LogP contribution in [0.15, 0.2) is 109 Å². The van der Waals surface area contributed by atoms with Crippen molar-refractivity contribution in [2.75, 3.05) is 13.2 Å². The van der Waals surface area contributed by atoms with Crippen LogP contribution in [0.4, 0.5) is 0 Å². The molecule has 0 N–H and O–H groups in total. The fraction of sp³-hybridized carbons (Fsp3) is 0.200. The third kappa shape index (κ3) is 10.7. The smallest absolute Gasteiger partial charge is 0.338 e. The van der Waals surface area contributed by atoms with Crippen LogP contribution in [-0.4, -0.2) is 25.7 Å². The molecular formula is C35H38O6. The Morgan fingerprint density at radius 1 is 0.683 bits per heavy atom. The van der Waals surface area contributed by atoms with Gasteiger partial charge < -0.3 is 18.9 Å². The van der Waals surface area contributed by atoms with E-state index in [2.05, 4.69) is 26.3 Å². The second-order valence-corrected chi connectivity index (χ2v) is 9.98. The summed E-state index contributed by atoms with van der Waals surface area (Å²) in [6, 6.07) is 18.0. The van der Waals surface area contributed by atoms with Gasteiger partial charge in [-0.05, 0) is 93.3 Å². The van der Waals surface area contributed by atoms with Crippen LogP contribution in [0.1, 0.15) is 34.6 Å². The van der Waals surface area contributed by atoms with Crippen LogP contribution in [-0.2, 0) is 9.59 Å². The van der Waals surface area contributed by atoms with Gasteiger partial charge in [-0.25, -0.2) is 4.79 Å². The lowest BCUT2D eigenvalue weighted by Crippen LogP contribution is -2.08. The highest BCUT2D eigenvalue weighted by molar-refractivity contribution is 5.89. The number of rotatable bonds is 12. The fourth-order valence-electron chi connectivity index (χ4n) is 3.32. The van der Waals surface area contributed by atoms with E-state index in [0.29, 0.717) is 48.3 Å². The van der Waals surface area contributed by atoms with Gasteiger partial charge in [0.25, 0.3) is 6.47 Å². The van der Waals surface area contributed by atoms with Crippen molar-refractivity contribution < 1.29 is 28.5 Å². The minimum atomic E-state index is -0.484. The highest BCUT2D eigenvalue weighted by atomic mass is 16.5. The largest absolute Gasteiger partial charge is 0.489 e. The molecule has 0 unspecified atom stereocenters. The Kier molecular flexibility index (Phi) is 12.4. The first kappa shape index (κ1) is 32.4. The number of esters is 1. The van der Waals surface area contributed by atoms with Crippen molar-refractivity contribution in [1.82, 2.24) is 0 Å². The monoisotopic (exact) mass is 554 g/mol. The molecule has 0 amide bonds. The minimum Gasteiger partial charge on any atom is -0.489 e. The van der Waals surface area contributed by atoms with Crippen molar-refractivity contribution in [2.45, 2.75) is 34.6 Å². The molecule has 0 atom stereocenters. The molecule has 0 saturated carbocycles. The number of hydrogen-bond acceptors (Lipinski definition) is 6. The van der Waals surface area contributed by atoms with Crippen molar-refractivity contribution in [3.8, 4) is 45.3 Å². The van der Waals surface area contributed by atoms with Gasteiger partial charge in [0.2, 0.25) is 0 Å². The Morgan fingerprint density at radius 2 is 1.07 bits per heavy atom. The number of ether oxygens (including phenoxy) is 4. The highest BCUT2D eigenvalue weighted by Crippen LogP contribution is 2.42. The van der Waals surface area contributed by atoms with E-state index in [1.165, 1.54) is 5.57 Å². The molecule has 6 heteroatoms. The lowest BCUT2D eigenvalue weighted by Gasteiger charge is -2.19. The van der Waals surface area contributed by atoms with E-state index < -0.39 is 5.97 Å². The first-order valence-electron chi connectivity index (χ1n) is 12.9. The minimum absolute atomic E-state index is 0.320. The summed E-state index contributed by atoms with van der Waals surface area (Å²) < 4.78 is 22.5. The lowest BCUT2D eigenvalue weighted by atomic mass is 9.97. The van der Waals surface area contributed by atoms with Gasteiger partial charge in [0.05, 0.1) is 0 Å².